The van der Waals surface area contributed by atoms with Crippen molar-refractivity contribution in [2.75, 3.05) is 11.4 Å². The molecule has 7 heteroatoms. The highest BCUT2D eigenvalue weighted by atomic mass is 35.5. The number of unbranched alkanes of at least 4 members (excludes halogenated alkanes) is 1. The van der Waals surface area contributed by atoms with E-state index in [1.165, 1.54) is 6.92 Å². The molecule has 142 valence electrons. The number of amides is 2. The number of nitrogens with zero attached hydrogens (tertiary/aromatic N) is 2. The van der Waals surface area contributed by atoms with Crippen molar-refractivity contribution < 1.29 is 14.3 Å². The SMILES string of the molecule is CCCCN1C(=O)C(C)(C(=O)NCc2cccc(Cl)c2)Oc2cccnc21. The monoisotopic (exact) mass is 387 g/mol. The number of ether oxygens (including phenoxy) is 1. The van der Waals surface area contributed by atoms with Crippen LogP contribution in [0.4, 0.5) is 5.82 Å². The van der Waals surface area contributed by atoms with Crippen LogP contribution in [0.2, 0.25) is 5.02 Å². The first-order chi connectivity index (χ1) is 13.0. The Morgan fingerprint density at radius 1 is 1.33 bits per heavy atom. The van der Waals surface area contributed by atoms with Crippen molar-refractivity contribution in [3.8, 4) is 5.75 Å². The fraction of sp³-hybridized carbons (Fsp3) is 0.350. The van der Waals surface area contributed by atoms with Crippen molar-refractivity contribution in [1.29, 1.82) is 0 Å². The van der Waals surface area contributed by atoms with Crippen molar-refractivity contribution in [2.24, 2.45) is 0 Å². The predicted octanol–water partition coefficient (Wildman–Crippen LogP) is 3.34. The van der Waals surface area contributed by atoms with E-state index in [1.54, 1.807) is 35.4 Å². The highest BCUT2D eigenvalue weighted by molar-refractivity contribution is 6.30. The van der Waals surface area contributed by atoms with E-state index in [-0.39, 0.29) is 6.54 Å². The van der Waals surface area contributed by atoms with Gasteiger partial charge in [-0.2, -0.15) is 0 Å². The van der Waals surface area contributed by atoms with E-state index >= 15 is 0 Å². The number of carbonyl (C=O) groups is 2. The highest BCUT2D eigenvalue weighted by Crippen LogP contribution is 2.36. The van der Waals surface area contributed by atoms with Crippen LogP contribution in [-0.4, -0.2) is 28.9 Å². The molecular formula is C20H22ClN3O3. The van der Waals surface area contributed by atoms with Gasteiger partial charge >= 0.3 is 0 Å². The van der Waals surface area contributed by atoms with Gasteiger partial charge in [-0.1, -0.05) is 37.1 Å². The van der Waals surface area contributed by atoms with Crippen molar-refractivity contribution in [2.45, 2.75) is 38.8 Å². The van der Waals surface area contributed by atoms with Crippen LogP contribution >= 0.6 is 11.6 Å². The van der Waals surface area contributed by atoms with Gasteiger partial charge in [0.15, 0.2) is 11.6 Å². The molecule has 0 saturated carbocycles. The first kappa shape index (κ1) is 19.2. The van der Waals surface area contributed by atoms with Crippen LogP contribution < -0.4 is 15.0 Å². The summed E-state index contributed by atoms with van der Waals surface area (Å²) in [5, 5.41) is 3.37. The number of carbonyl (C=O) groups excluding carboxylic acids is 2. The van der Waals surface area contributed by atoms with Gasteiger partial charge < -0.3 is 10.1 Å². The molecule has 0 bridgehead atoms. The third kappa shape index (κ3) is 3.90. The van der Waals surface area contributed by atoms with E-state index in [1.807, 2.05) is 19.1 Å². The summed E-state index contributed by atoms with van der Waals surface area (Å²) in [6.45, 7) is 4.28. The van der Waals surface area contributed by atoms with Gasteiger partial charge in [0.1, 0.15) is 0 Å². The number of hydrogen-bond acceptors (Lipinski definition) is 4. The average molecular weight is 388 g/mol. The average Bonchev–Trinajstić information content (AvgIpc) is 2.66. The minimum Gasteiger partial charge on any atom is -0.464 e. The van der Waals surface area contributed by atoms with Crippen molar-refractivity contribution in [3.63, 3.8) is 0 Å². The highest BCUT2D eigenvalue weighted by Gasteiger charge is 2.50. The molecular weight excluding hydrogens is 366 g/mol. The summed E-state index contributed by atoms with van der Waals surface area (Å²) in [5.74, 6) is -0.0288. The molecule has 1 N–H and O–H groups in total. The van der Waals surface area contributed by atoms with Crippen LogP contribution in [0.15, 0.2) is 42.6 Å². The van der Waals surface area contributed by atoms with Gasteiger partial charge in [-0.15, -0.1) is 0 Å². The molecule has 0 saturated heterocycles. The molecule has 27 heavy (non-hydrogen) atoms. The van der Waals surface area contributed by atoms with Gasteiger partial charge in [-0.25, -0.2) is 4.98 Å². The Morgan fingerprint density at radius 3 is 2.89 bits per heavy atom. The molecule has 1 aliphatic rings. The summed E-state index contributed by atoms with van der Waals surface area (Å²) in [6, 6.07) is 10.6. The number of anilines is 1. The molecule has 1 aliphatic heterocycles. The quantitative estimate of drug-likeness (QED) is 0.772. The van der Waals surface area contributed by atoms with E-state index < -0.39 is 17.4 Å². The summed E-state index contributed by atoms with van der Waals surface area (Å²) in [7, 11) is 0. The molecule has 3 rings (SSSR count). The molecule has 0 aliphatic carbocycles. The second-order valence-corrected chi connectivity index (χ2v) is 7.02. The lowest BCUT2D eigenvalue weighted by Gasteiger charge is -2.38. The maximum Gasteiger partial charge on any atom is 0.282 e. The van der Waals surface area contributed by atoms with Crippen molar-refractivity contribution in [3.05, 3.63) is 53.2 Å². The molecule has 1 unspecified atom stereocenters. The van der Waals surface area contributed by atoms with Crippen molar-refractivity contribution >= 4 is 29.2 Å². The van der Waals surface area contributed by atoms with E-state index in [4.69, 9.17) is 16.3 Å². The lowest BCUT2D eigenvalue weighted by Crippen LogP contribution is -2.62. The van der Waals surface area contributed by atoms with Crippen LogP contribution in [0.25, 0.3) is 0 Å². The minimum atomic E-state index is -1.65. The van der Waals surface area contributed by atoms with E-state index in [9.17, 15) is 9.59 Å². The number of nitrogens with one attached hydrogen (secondary N) is 1. The van der Waals surface area contributed by atoms with Gasteiger partial charge in [0.25, 0.3) is 17.4 Å². The lowest BCUT2D eigenvalue weighted by molar-refractivity contribution is -0.148. The molecule has 2 amide bonds. The zero-order chi connectivity index (χ0) is 19.4. The third-order valence-corrected chi connectivity index (χ3v) is 4.72. The van der Waals surface area contributed by atoms with Crippen LogP contribution in [-0.2, 0) is 16.1 Å². The number of rotatable bonds is 6. The molecule has 2 heterocycles. The molecule has 2 aromatic rings. The van der Waals surface area contributed by atoms with E-state index in [0.29, 0.717) is 23.1 Å². The smallest absolute Gasteiger partial charge is 0.282 e. The van der Waals surface area contributed by atoms with Crippen LogP contribution in [0.3, 0.4) is 0 Å². The Labute approximate surface area is 163 Å². The first-order valence-electron chi connectivity index (χ1n) is 8.94. The van der Waals surface area contributed by atoms with Gasteiger partial charge in [-0.3, -0.25) is 14.5 Å². The number of aromatic nitrogens is 1. The summed E-state index contributed by atoms with van der Waals surface area (Å²) in [4.78, 5) is 31.8. The normalized spacial score (nSPS) is 18.6. The second kappa shape index (κ2) is 7.96. The Bertz CT molecular complexity index is 858. The minimum absolute atomic E-state index is 0.250. The standard InChI is InChI=1S/C20H22ClN3O3/c1-3-4-11-24-17-16(9-6-10-22-17)27-20(2,19(24)26)18(25)23-13-14-7-5-8-15(21)12-14/h5-10,12H,3-4,11,13H2,1-2H3,(H,23,25). The van der Waals surface area contributed by atoms with Gasteiger partial charge in [-0.05, 0) is 43.2 Å². The van der Waals surface area contributed by atoms with Crippen molar-refractivity contribution in [1.82, 2.24) is 10.3 Å². The summed E-state index contributed by atoms with van der Waals surface area (Å²) < 4.78 is 5.82. The molecule has 0 spiro atoms. The number of halogens is 1. The summed E-state index contributed by atoms with van der Waals surface area (Å²) in [5.41, 5.74) is -0.810. The largest absolute Gasteiger partial charge is 0.464 e. The van der Waals surface area contributed by atoms with Crippen LogP contribution in [0.5, 0.6) is 5.75 Å². The van der Waals surface area contributed by atoms with E-state index in [2.05, 4.69) is 10.3 Å². The van der Waals surface area contributed by atoms with Gasteiger partial charge in [0, 0.05) is 24.3 Å². The van der Waals surface area contributed by atoms with Gasteiger partial charge in [0.2, 0.25) is 0 Å². The van der Waals surface area contributed by atoms with E-state index in [0.717, 1.165) is 18.4 Å². The predicted molar refractivity (Wildman–Crippen MR) is 104 cm³/mol. The summed E-state index contributed by atoms with van der Waals surface area (Å²) in [6.07, 6.45) is 3.34. The van der Waals surface area contributed by atoms with Crippen LogP contribution in [0.1, 0.15) is 32.3 Å². The first-order valence-corrected chi connectivity index (χ1v) is 9.32. The Kier molecular flexibility index (Phi) is 5.65. The summed E-state index contributed by atoms with van der Waals surface area (Å²) >= 11 is 5.98. The Hall–Kier alpha value is -2.60. The fourth-order valence-electron chi connectivity index (χ4n) is 2.95. The van der Waals surface area contributed by atoms with Crippen LogP contribution in [0, 0.1) is 0 Å². The zero-order valence-corrected chi connectivity index (χ0v) is 16.1. The number of pyridine rings is 1. The lowest BCUT2D eigenvalue weighted by atomic mass is 10.0. The van der Waals surface area contributed by atoms with Gasteiger partial charge in [0.05, 0.1) is 0 Å². The Balaban J connectivity index is 1.82. The molecule has 6 nitrogen and oxygen atoms in total. The second-order valence-electron chi connectivity index (χ2n) is 6.58. The topological polar surface area (TPSA) is 71.5 Å². The zero-order valence-electron chi connectivity index (χ0n) is 15.4. The maximum absolute atomic E-state index is 13.1. The number of fused-ring (bicyclic) bond motifs is 1. The Morgan fingerprint density at radius 2 is 2.15 bits per heavy atom. The molecule has 1 aromatic carbocycles. The fourth-order valence-corrected chi connectivity index (χ4v) is 3.16. The molecule has 0 fully saturated rings. The number of benzene rings is 1. The molecule has 1 aromatic heterocycles. The number of hydrogen-bond donors (Lipinski definition) is 1. The molecule has 1 atom stereocenters. The third-order valence-electron chi connectivity index (χ3n) is 4.48. The maximum atomic E-state index is 13.1. The molecule has 0 radical (unpaired) electrons.